The van der Waals surface area contributed by atoms with Gasteiger partial charge >= 0.3 is 5.97 Å². The molecule has 0 bridgehead atoms. The lowest BCUT2D eigenvalue weighted by Crippen LogP contribution is -2.47. The molecule has 0 aliphatic carbocycles. The van der Waals surface area contributed by atoms with Crippen LogP contribution in [-0.4, -0.2) is 55.7 Å². The number of amides is 1. The fourth-order valence-electron chi connectivity index (χ4n) is 4.05. The number of carbonyl (C=O) groups is 2. The summed E-state index contributed by atoms with van der Waals surface area (Å²) in [5.41, 5.74) is 0.623. The first kappa shape index (κ1) is 24.3. The minimum Gasteiger partial charge on any atom is -0.468 e. The number of piperidine rings is 1. The van der Waals surface area contributed by atoms with Gasteiger partial charge in [0.1, 0.15) is 16.8 Å². The molecule has 0 N–H and O–H groups in total. The summed E-state index contributed by atoms with van der Waals surface area (Å²) in [6.07, 6.45) is 1.68. The van der Waals surface area contributed by atoms with Crippen LogP contribution in [0.3, 0.4) is 0 Å². The number of rotatable bonds is 5. The number of benzene rings is 1. The highest BCUT2D eigenvalue weighted by Crippen LogP contribution is 2.37. The average Bonchev–Trinajstić information content (AvgIpc) is 3.57. The zero-order valence-electron chi connectivity index (χ0n) is 18.4. The highest BCUT2D eigenvalue weighted by molar-refractivity contribution is 7.91. The normalized spacial score (nSPS) is 18.8. The first-order chi connectivity index (χ1) is 16.8. The van der Waals surface area contributed by atoms with Crippen molar-refractivity contribution < 1.29 is 32.2 Å². The van der Waals surface area contributed by atoms with Crippen molar-refractivity contribution in [2.75, 3.05) is 20.4 Å². The van der Waals surface area contributed by atoms with E-state index in [-0.39, 0.29) is 28.9 Å². The zero-order valence-corrected chi connectivity index (χ0v) is 21.6. The molecule has 186 valence electrons. The first-order valence-corrected chi connectivity index (χ1v) is 14.1. The van der Waals surface area contributed by atoms with Gasteiger partial charge in [0.25, 0.3) is 15.9 Å². The molecule has 3 aromatic rings. The van der Waals surface area contributed by atoms with Crippen LogP contribution in [0.2, 0.25) is 4.34 Å². The second-order valence-electron chi connectivity index (χ2n) is 7.86. The molecular formula is C21H20ClN3O7S3. The minimum absolute atomic E-state index is 0.0827. The summed E-state index contributed by atoms with van der Waals surface area (Å²) >= 11 is 8.09. The van der Waals surface area contributed by atoms with E-state index in [1.807, 2.05) is 0 Å². The molecule has 4 heterocycles. The smallest absolute Gasteiger partial charge is 0.325 e. The number of ether oxygens (including phenoxy) is 3. The SMILES string of the molecule is COC(=O)Cn1c(=NC(=O)C2CCCCN2S(=O)(=O)c2ccc(Cl)s2)sc2cc3c(cc21)OCO3. The number of hydrogen-bond acceptors (Lipinski definition) is 9. The Balaban J connectivity index is 1.56. The van der Waals surface area contributed by atoms with Gasteiger partial charge in [-0.2, -0.15) is 9.30 Å². The second kappa shape index (κ2) is 9.54. The van der Waals surface area contributed by atoms with Crippen LogP contribution in [0.5, 0.6) is 11.5 Å². The molecular weight excluding hydrogens is 538 g/mol. The van der Waals surface area contributed by atoms with E-state index in [2.05, 4.69) is 4.99 Å². The van der Waals surface area contributed by atoms with Gasteiger partial charge in [0, 0.05) is 18.7 Å². The molecule has 0 spiro atoms. The van der Waals surface area contributed by atoms with E-state index >= 15 is 0 Å². The summed E-state index contributed by atoms with van der Waals surface area (Å²) in [4.78, 5) is 30.0. The largest absolute Gasteiger partial charge is 0.468 e. The first-order valence-electron chi connectivity index (χ1n) is 10.6. The molecule has 0 saturated carbocycles. The van der Waals surface area contributed by atoms with E-state index in [0.29, 0.717) is 40.6 Å². The van der Waals surface area contributed by atoms with Gasteiger partial charge in [0.15, 0.2) is 16.3 Å². The van der Waals surface area contributed by atoms with Crippen molar-refractivity contribution in [3.63, 3.8) is 0 Å². The van der Waals surface area contributed by atoms with Gasteiger partial charge in [-0.1, -0.05) is 29.4 Å². The van der Waals surface area contributed by atoms with Gasteiger partial charge in [-0.15, -0.1) is 11.3 Å². The summed E-state index contributed by atoms with van der Waals surface area (Å²) in [6, 6.07) is 5.48. The number of carbonyl (C=O) groups excluding carboxylic acids is 2. The fraction of sp³-hybridized carbons (Fsp3) is 0.381. The molecule has 2 aromatic heterocycles. The quantitative estimate of drug-likeness (QED) is 0.443. The van der Waals surface area contributed by atoms with E-state index < -0.39 is 27.9 Å². The number of sulfonamides is 1. The van der Waals surface area contributed by atoms with Crippen LogP contribution in [0.15, 0.2) is 33.5 Å². The Kier molecular flexibility index (Phi) is 6.61. The molecule has 14 heteroatoms. The predicted molar refractivity (Wildman–Crippen MR) is 129 cm³/mol. The van der Waals surface area contributed by atoms with E-state index in [4.69, 9.17) is 25.8 Å². The van der Waals surface area contributed by atoms with Crippen molar-refractivity contribution >= 4 is 66.4 Å². The Hall–Kier alpha value is -2.45. The summed E-state index contributed by atoms with van der Waals surface area (Å²) < 4.78 is 46.2. The molecule has 5 rings (SSSR count). The molecule has 1 saturated heterocycles. The molecule has 35 heavy (non-hydrogen) atoms. The van der Waals surface area contributed by atoms with E-state index in [1.165, 1.54) is 34.9 Å². The maximum Gasteiger partial charge on any atom is 0.325 e. The van der Waals surface area contributed by atoms with E-state index in [9.17, 15) is 18.0 Å². The number of esters is 1. The van der Waals surface area contributed by atoms with E-state index in [0.717, 1.165) is 16.0 Å². The predicted octanol–water partition coefficient (Wildman–Crippen LogP) is 2.99. The van der Waals surface area contributed by atoms with Crippen LogP contribution in [0.1, 0.15) is 19.3 Å². The van der Waals surface area contributed by atoms with Crippen molar-refractivity contribution in [3.8, 4) is 11.5 Å². The number of thiophene rings is 1. The Labute approximate surface area is 213 Å². The van der Waals surface area contributed by atoms with Crippen LogP contribution in [0.4, 0.5) is 0 Å². The fourth-order valence-corrected chi connectivity index (χ4v) is 8.36. The summed E-state index contributed by atoms with van der Waals surface area (Å²) in [5, 5.41) is 0. The minimum atomic E-state index is -3.92. The van der Waals surface area contributed by atoms with E-state index in [1.54, 1.807) is 16.7 Å². The topological polar surface area (TPSA) is 116 Å². The van der Waals surface area contributed by atoms with Gasteiger partial charge in [-0.3, -0.25) is 9.59 Å². The molecule has 2 aliphatic heterocycles. The third-order valence-electron chi connectivity index (χ3n) is 5.75. The molecule has 2 aliphatic rings. The Morgan fingerprint density at radius 3 is 2.69 bits per heavy atom. The third-order valence-corrected chi connectivity index (χ3v) is 10.4. The Morgan fingerprint density at radius 1 is 1.20 bits per heavy atom. The molecule has 10 nitrogen and oxygen atoms in total. The van der Waals surface area contributed by atoms with Crippen molar-refractivity contribution in [1.82, 2.24) is 8.87 Å². The lowest BCUT2D eigenvalue weighted by molar-refractivity contribution is -0.141. The number of methoxy groups -OCH3 is 1. The second-order valence-corrected chi connectivity index (χ2v) is 12.7. The summed E-state index contributed by atoms with van der Waals surface area (Å²) in [5.74, 6) is -0.0409. The van der Waals surface area contributed by atoms with Crippen LogP contribution >= 0.6 is 34.3 Å². The third kappa shape index (κ3) is 4.58. The monoisotopic (exact) mass is 557 g/mol. The van der Waals surface area contributed by atoms with Gasteiger partial charge in [0.05, 0.1) is 21.7 Å². The highest BCUT2D eigenvalue weighted by Gasteiger charge is 2.38. The van der Waals surface area contributed by atoms with Gasteiger partial charge in [-0.05, 0) is 25.0 Å². The molecule has 0 radical (unpaired) electrons. The van der Waals surface area contributed by atoms with Gasteiger partial charge in [0.2, 0.25) is 6.79 Å². The molecule has 1 atom stereocenters. The molecule has 1 fully saturated rings. The lowest BCUT2D eigenvalue weighted by Gasteiger charge is -2.31. The number of hydrogen-bond donors (Lipinski definition) is 0. The van der Waals surface area contributed by atoms with Gasteiger partial charge in [-0.25, -0.2) is 8.42 Å². The average molecular weight is 558 g/mol. The van der Waals surface area contributed by atoms with Crippen molar-refractivity contribution in [2.24, 2.45) is 4.99 Å². The maximum absolute atomic E-state index is 13.4. The summed E-state index contributed by atoms with van der Waals surface area (Å²) in [7, 11) is -2.64. The Bertz CT molecular complexity index is 1490. The molecule has 1 unspecified atom stereocenters. The van der Waals surface area contributed by atoms with Crippen molar-refractivity contribution in [3.05, 3.63) is 33.4 Å². The number of nitrogens with zero attached hydrogens (tertiary/aromatic N) is 3. The number of halogens is 1. The van der Waals surface area contributed by atoms with Crippen LogP contribution in [0.25, 0.3) is 10.2 Å². The zero-order chi connectivity index (χ0) is 24.7. The number of aromatic nitrogens is 1. The molecule has 1 aromatic carbocycles. The van der Waals surface area contributed by atoms with Gasteiger partial charge < -0.3 is 18.8 Å². The highest BCUT2D eigenvalue weighted by atomic mass is 35.5. The molecule has 1 amide bonds. The standard InChI is InChI=1S/C21H20ClN3O7S3/c1-30-18(26)10-24-13-8-14-15(32-11-31-14)9-16(13)33-21(24)23-20(27)12-4-2-3-7-25(12)35(28,29)19-6-5-17(22)34-19/h5-6,8-9,12H,2-4,7,10-11H2,1H3. The van der Waals surface area contributed by atoms with Crippen molar-refractivity contribution in [1.29, 1.82) is 0 Å². The Morgan fingerprint density at radius 2 is 1.97 bits per heavy atom. The number of thiazole rings is 1. The summed E-state index contributed by atoms with van der Waals surface area (Å²) in [6.45, 7) is 0.128. The van der Waals surface area contributed by atoms with Crippen LogP contribution in [0, 0.1) is 0 Å². The number of fused-ring (bicyclic) bond motifs is 2. The van der Waals surface area contributed by atoms with Crippen LogP contribution < -0.4 is 14.3 Å². The van der Waals surface area contributed by atoms with Crippen LogP contribution in [-0.2, 0) is 30.9 Å². The maximum atomic E-state index is 13.4. The van der Waals surface area contributed by atoms with Crippen molar-refractivity contribution in [2.45, 2.75) is 36.1 Å². The lowest BCUT2D eigenvalue weighted by atomic mass is 10.0.